The number of ether oxygens (including phenoxy) is 3. The number of benzene rings is 3. The predicted molar refractivity (Wildman–Crippen MR) is 137 cm³/mol. The number of hydrogen-bond donors (Lipinski definition) is 0. The first-order valence-corrected chi connectivity index (χ1v) is 12.6. The summed E-state index contributed by atoms with van der Waals surface area (Å²) in [5.74, 6) is -0.574. The van der Waals surface area contributed by atoms with Gasteiger partial charge in [0.15, 0.2) is 5.79 Å². The molecule has 3 aliphatic rings. The van der Waals surface area contributed by atoms with Crippen molar-refractivity contribution in [1.29, 1.82) is 0 Å². The van der Waals surface area contributed by atoms with Crippen molar-refractivity contribution >= 4 is 22.6 Å². The molecule has 0 radical (unpaired) electrons. The van der Waals surface area contributed by atoms with Gasteiger partial charge in [-0.25, -0.2) is 0 Å². The number of hydrogen-bond acceptors (Lipinski definition) is 3. The second-order valence-corrected chi connectivity index (χ2v) is 10.9. The lowest BCUT2D eigenvalue weighted by molar-refractivity contribution is -0.154. The summed E-state index contributed by atoms with van der Waals surface area (Å²) in [6.07, 6.45) is 3.15. The largest absolute Gasteiger partial charge is 0.360 e. The van der Waals surface area contributed by atoms with Crippen molar-refractivity contribution in [1.82, 2.24) is 0 Å². The van der Waals surface area contributed by atoms with E-state index in [0.29, 0.717) is 6.61 Å². The van der Waals surface area contributed by atoms with Crippen LogP contribution in [0.4, 0.5) is 0 Å². The van der Waals surface area contributed by atoms with Gasteiger partial charge in [0.05, 0.1) is 12.0 Å². The molecule has 3 nitrogen and oxygen atoms in total. The third-order valence-corrected chi connectivity index (χ3v) is 8.77. The van der Waals surface area contributed by atoms with Gasteiger partial charge in [-0.05, 0) is 65.6 Å². The monoisotopic (exact) mass is 550 g/mol. The van der Waals surface area contributed by atoms with Crippen molar-refractivity contribution in [2.45, 2.75) is 43.4 Å². The van der Waals surface area contributed by atoms with E-state index in [-0.39, 0.29) is 17.1 Å². The van der Waals surface area contributed by atoms with Gasteiger partial charge in [-0.1, -0.05) is 91.0 Å². The number of rotatable bonds is 6. The summed E-state index contributed by atoms with van der Waals surface area (Å²) < 4.78 is 21.2. The van der Waals surface area contributed by atoms with Crippen LogP contribution < -0.4 is 0 Å². The summed E-state index contributed by atoms with van der Waals surface area (Å²) in [5.41, 5.74) is 2.13. The fourth-order valence-corrected chi connectivity index (χ4v) is 6.95. The summed E-state index contributed by atoms with van der Waals surface area (Å²) >= 11 is 2.46. The van der Waals surface area contributed by atoms with Crippen LogP contribution in [0, 0.1) is 5.41 Å². The Kier molecular flexibility index (Phi) is 4.90. The molecule has 33 heavy (non-hydrogen) atoms. The van der Waals surface area contributed by atoms with E-state index in [2.05, 4.69) is 120 Å². The standard InChI is InChI=1S/C29H27IO3/c1-26(2)32-25-18-24(30)27(19-28(25,27)33-26)20-31-29(21-12-6-3-7-13-21,22-14-8-4-9-15-22)23-16-10-5-11-17-23/h3-18,25H,19-20H2,1-2H3/t25-,27+,28-/m0/s1. The van der Waals surface area contributed by atoms with Crippen LogP contribution in [-0.4, -0.2) is 24.1 Å². The highest BCUT2D eigenvalue weighted by atomic mass is 127. The van der Waals surface area contributed by atoms with E-state index in [9.17, 15) is 0 Å². The lowest BCUT2D eigenvalue weighted by atomic mass is 9.80. The second-order valence-electron chi connectivity index (χ2n) is 9.77. The summed E-state index contributed by atoms with van der Waals surface area (Å²) in [5, 5.41) is 0. The second kappa shape index (κ2) is 7.51. The maximum atomic E-state index is 7.18. The van der Waals surface area contributed by atoms with Gasteiger partial charge in [-0.3, -0.25) is 0 Å². The Bertz CT molecular complexity index is 1090. The molecule has 0 aromatic heterocycles. The molecular weight excluding hydrogens is 523 g/mol. The van der Waals surface area contributed by atoms with E-state index in [4.69, 9.17) is 14.2 Å². The fraction of sp³-hybridized carbons (Fsp3) is 0.310. The van der Waals surface area contributed by atoms with Crippen LogP contribution in [0.15, 0.2) is 101 Å². The molecule has 3 aromatic rings. The molecular formula is C29H27IO3. The van der Waals surface area contributed by atoms with E-state index < -0.39 is 11.4 Å². The molecule has 2 aliphatic carbocycles. The molecule has 0 N–H and O–H groups in total. The highest BCUT2D eigenvalue weighted by Gasteiger charge is 2.81. The molecule has 0 unspecified atom stereocenters. The van der Waals surface area contributed by atoms with E-state index in [1.165, 1.54) is 3.58 Å². The summed E-state index contributed by atoms with van der Waals surface area (Å²) in [7, 11) is 0. The number of halogens is 1. The Balaban J connectivity index is 1.46. The van der Waals surface area contributed by atoms with E-state index in [1.54, 1.807) is 0 Å². The normalized spacial score (nSPS) is 29.3. The Morgan fingerprint density at radius 1 is 0.848 bits per heavy atom. The predicted octanol–water partition coefficient (Wildman–Crippen LogP) is 6.61. The lowest BCUT2D eigenvalue weighted by Crippen LogP contribution is -2.37. The van der Waals surface area contributed by atoms with Crippen LogP contribution in [0.1, 0.15) is 37.0 Å². The zero-order valence-corrected chi connectivity index (χ0v) is 21.0. The molecule has 0 amide bonds. The summed E-state index contributed by atoms with van der Waals surface area (Å²) in [4.78, 5) is 0. The molecule has 4 heteroatoms. The van der Waals surface area contributed by atoms with Gasteiger partial charge in [-0.2, -0.15) is 0 Å². The van der Waals surface area contributed by atoms with Crippen LogP contribution >= 0.6 is 22.6 Å². The van der Waals surface area contributed by atoms with Crippen molar-refractivity contribution in [2.24, 2.45) is 5.41 Å². The molecule has 1 heterocycles. The Morgan fingerprint density at radius 3 is 1.82 bits per heavy atom. The first kappa shape index (κ1) is 21.5. The van der Waals surface area contributed by atoms with Gasteiger partial charge < -0.3 is 14.2 Å². The molecule has 1 spiro atoms. The zero-order valence-electron chi connectivity index (χ0n) is 18.8. The molecule has 0 bridgehead atoms. The zero-order chi connectivity index (χ0) is 22.7. The minimum atomic E-state index is -0.730. The maximum absolute atomic E-state index is 7.18. The van der Waals surface area contributed by atoms with Crippen LogP contribution in [0.3, 0.4) is 0 Å². The molecule has 2 fully saturated rings. The fourth-order valence-electron chi connectivity index (χ4n) is 5.82. The molecule has 3 atom stereocenters. The first-order valence-electron chi connectivity index (χ1n) is 11.5. The van der Waals surface area contributed by atoms with E-state index in [0.717, 1.165) is 23.1 Å². The van der Waals surface area contributed by atoms with Gasteiger partial charge in [0.2, 0.25) is 0 Å². The average molecular weight is 550 g/mol. The van der Waals surface area contributed by atoms with E-state index in [1.807, 2.05) is 13.8 Å². The van der Waals surface area contributed by atoms with Gasteiger partial charge in [-0.15, -0.1) is 0 Å². The summed E-state index contributed by atoms with van der Waals surface area (Å²) in [6.45, 7) is 4.57. The summed E-state index contributed by atoms with van der Waals surface area (Å²) in [6, 6.07) is 31.7. The lowest BCUT2D eigenvalue weighted by Gasteiger charge is -2.37. The van der Waals surface area contributed by atoms with Crippen LogP contribution in [0.2, 0.25) is 0 Å². The minimum Gasteiger partial charge on any atom is -0.360 e. The third-order valence-electron chi connectivity index (χ3n) is 7.38. The van der Waals surface area contributed by atoms with Crippen molar-refractivity contribution in [3.8, 4) is 0 Å². The average Bonchev–Trinajstić information content (AvgIpc) is 3.32. The van der Waals surface area contributed by atoms with Crippen molar-refractivity contribution < 1.29 is 14.2 Å². The van der Waals surface area contributed by atoms with Gasteiger partial charge >= 0.3 is 0 Å². The van der Waals surface area contributed by atoms with Gasteiger partial charge in [0.25, 0.3) is 0 Å². The Labute approximate surface area is 208 Å². The SMILES string of the molecule is CC1(C)O[C@H]2C=C(I)[C@]3(COC(c4ccccc4)(c4ccccc4)c4ccccc4)C[C@]23O1. The van der Waals surface area contributed by atoms with Crippen LogP contribution in [0.5, 0.6) is 0 Å². The van der Waals surface area contributed by atoms with Crippen molar-refractivity contribution in [3.05, 3.63) is 117 Å². The molecule has 1 aliphatic heterocycles. The molecule has 168 valence electrons. The van der Waals surface area contributed by atoms with Crippen LogP contribution in [0.25, 0.3) is 0 Å². The van der Waals surface area contributed by atoms with Crippen molar-refractivity contribution in [2.75, 3.05) is 6.61 Å². The van der Waals surface area contributed by atoms with E-state index >= 15 is 0 Å². The topological polar surface area (TPSA) is 27.7 Å². The van der Waals surface area contributed by atoms with Gasteiger partial charge in [0, 0.05) is 3.58 Å². The molecule has 3 aromatic carbocycles. The highest BCUT2D eigenvalue weighted by molar-refractivity contribution is 14.1. The van der Waals surface area contributed by atoms with Gasteiger partial charge in [0.1, 0.15) is 17.3 Å². The first-order chi connectivity index (χ1) is 15.9. The molecule has 1 saturated carbocycles. The third kappa shape index (κ3) is 3.11. The smallest absolute Gasteiger partial charge is 0.164 e. The maximum Gasteiger partial charge on any atom is 0.164 e. The Morgan fingerprint density at radius 2 is 1.33 bits per heavy atom. The quantitative estimate of drug-likeness (QED) is 0.256. The molecule has 1 saturated heterocycles. The van der Waals surface area contributed by atoms with Crippen LogP contribution in [-0.2, 0) is 19.8 Å². The minimum absolute atomic E-state index is 0.0115. The van der Waals surface area contributed by atoms with Crippen molar-refractivity contribution in [3.63, 3.8) is 0 Å². The highest BCUT2D eigenvalue weighted by Crippen LogP contribution is 2.75. The molecule has 6 rings (SSSR count). The Hall–Kier alpha value is -1.99.